The second-order valence-electron chi connectivity index (χ2n) is 4.24. The number of amides is 1. The van der Waals surface area contributed by atoms with E-state index in [0.717, 1.165) is 0 Å². The lowest BCUT2D eigenvalue weighted by Gasteiger charge is -2.32. The Bertz CT molecular complexity index is 507. The molecule has 1 heterocycles. The third-order valence-corrected chi connectivity index (χ3v) is 3.23. The van der Waals surface area contributed by atoms with Gasteiger partial charge in [0.05, 0.1) is 18.2 Å². The summed E-state index contributed by atoms with van der Waals surface area (Å²) >= 11 is 5.91. The maximum atomic E-state index is 12.0. The Kier molecular flexibility index (Phi) is 4.81. The van der Waals surface area contributed by atoms with Gasteiger partial charge in [0.15, 0.2) is 12.6 Å². The number of carboxylic acids is 1. The van der Waals surface area contributed by atoms with E-state index < -0.39 is 17.9 Å². The molecule has 6 nitrogen and oxygen atoms in total. The van der Waals surface area contributed by atoms with E-state index in [9.17, 15) is 9.59 Å². The number of ether oxygens (including phenoxy) is 2. The third kappa shape index (κ3) is 3.40. The molecule has 1 aliphatic heterocycles. The van der Waals surface area contributed by atoms with E-state index in [0.29, 0.717) is 17.4 Å². The molecule has 0 bridgehead atoms. The van der Waals surface area contributed by atoms with Gasteiger partial charge in [0.1, 0.15) is 5.75 Å². The Morgan fingerprint density at radius 1 is 1.45 bits per heavy atom. The zero-order valence-corrected chi connectivity index (χ0v) is 11.4. The summed E-state index contributed by atoms with van der Waals surface area (Å²) in [5.74, 6) is -1.10. The number of carboxylic acid groups (broad SMARTS) is 1. The first-order valence-corrected chi connectivity index (χ1v) is 6.44. The number of benzene rings is 1. The lowest BCUT2D eigenvalue weighted by molar-refractivity contribution is -0.159. The molecule has 2 rings (SSSR count). The molecule has 1 N–H and O–H groups in total. The number of carbonyl (C=O) groups excluding carboxylic acids is 1. The monoisotopic (exact) mass is 299 g/mol. The van der Waals surface area contributed by atoms with Crippen LogP contribution in [0.1, 0.15) is 0 Å². The molecule has 1 fully saturated rings. The van der Waals surface area contributed by atoms with Gasteiger partial charge in [-0.25, -0.2) is 4.79 Å². The molecular formula is C13H14ClNO5. The Morgan fingerprint density at radius 3 is 2.90 bits per heavy atom. The highest BCUT2D eigenvalue weighted by atomic mass is 35.5. The number of para-hydroxylation sites is 1. The number of rotatable bonds is 4. The molecule has 20 heavy (non-hydrogen) atoms. The number of hydrogen-bond donors (Lipinski definition) is 1. The predicted molar refractivity (Wildman–Crippen MR) is 70.9 cm³/mol. The standard InChI is InChI=1S/C13H14ClNO5/c14-9-3-1-2-4-11(9)20-8-12(16)15-5-6-19-7-10(15)13(17)18/h1-4,10H,5-8H2,(H,17,18)/t10-/m1/s1. The van der Waals surface area contributed by atoms with E-state index in [2.05, 4.69) is 0 Å². The number of hydrogen-bond acceptors (Lipinski definition) is 4. The van der Waals surface area contributed by atoms with E-state index in [-0.39, 0.29) is 19.8 Å². The largest absolute Gasteiger partial charge is 0.482 e. The topological polar surface area (TPSA) is 76.1 Å². The van der Waals surface area contributed by atoms with Crippen LogP contribution >= 0.6 is 11.6 Å². The normalized spacial score (nSPS) is 18.6. The van der Waals surface area contributed by atoms with E-state index >= 15 is 0 Å². The molecule has 108 valence electrons. The minimum Gasteiger partial charge on any atom is -0.482 e. The highest BCUT2D eigenvalue weighted by Crippen LogP contribution is 2.23. The SMILES string of the molecule is O=C(O)[C@H]1COCCN1C(=O)COc1ccccc1Cl. The van der Waals surface area contributed by atoms with Crippen LogP contribution in [-0.2, 0) is 14.3 Å². The molecule has 0 aromatic heterocycles. The smallest absolute Gasteiger partial charge is 0.328 e. The van der Waals surface area contributed by atoms with Crippen molar-refractivity contribution in [2.75, 3.05) is 26.4 Å². The fourth-order valence-electron chi connectivity index (χ4n) is 1.89. The summed E-state index contributed by atoms with van der Waals surface area (Å²) < 4.78 is 10.4. The number of morpholine rings is 1. The maximum absolute atomic E-state index is 12.0. The summed E-state index contributed by atoms with van der Waals surface area (Å²) in [6.45, 7) is 0.296. The van der Waals surface area contributed by atoms with Gasteiger partial charge < -0.3 is 19.5 Å². The molecule has 1 atom stereocenters. The van der Waals surface area contributed by atoms with Gasteiger partial charge in [0.25, 0.3) is 5.91 Å². The van der Waals surface area contributed by atoms with Crippen molar-refractivity contribution in [3.8, 4) is 5.75 Å². The van der Waals surface area contributed by atoms with E-state index in [1.165, 1.54) is 4.90 Å². The lowest BCUT2D eigenvalue weighted by atomic mass is 10.2. The van der Waals surface area contributed by atoms with E-state index in [1.807, 2.05) is 0 Å². The van der Waals surface area contributed by atoms with Gasteiger partial charge in [-0.2, -0.15) is 0 Å². The molecule has 0 saturated carbocycles. The van der Waals surface area contributed by atoms with Crippen molar-refractivity contribution in [2.24, 2.45) is 0 Å². The van der Waals surface area contributed by atoms with Gasteiger partial charge in [-0.1, -0.05) is 23.7 Å². The summed E-state index contributed by atoms with van der Waals surface area (Å²) in [7, 11) is 0. The molecule has 1 aromatic rings. The Morgan fingerprint density at radius 2 is 2.20 bits per heavy atom. The van der Waals surface area contributed by atoms with Crippen LogP contribution in [0.2, 0.25) is 5.02 Å². The molecule has 1 saturated heterocycles. The number of nitrogens with zero attached hydrogens (tertiary/aromatic N) is 1. The van der Waals surface area contributed by atoms with Gasteiger partial charge in [-0.05, 0) is 12.1 Å². The zero-order valence-electron chi connectivity index (χ0n) is 10.6. The molecule has 0 spiro atoms. The molecule has 1 aromatic carbocycles. The fourth-order valence-corrected chi connectivity index (χ4v) is 2.08. The zero-order chi connectivity index (χ0) is 14.5. The molecule has 1 aliphatic rings. The van der Waals surface area contributed by atoms with Gasteiger partial charge >= 0.3 is 5.97 Å². The molecule has 0 unspecified atom stereocenters. The van der Waals surface area contributed by atoms with Crippen molar-refractivity contribution in [3.05, 3.63) is 29.3 Å². The highest BCUT2D eigenvalue weighted by Gasteiger charge is 2.32. The highest BCUT2D eigenvalue weighted by molar-refractivity contribution is 6.32. The first kappa shape index (κ1) is 14.6. The average molecular weight is 300 g/mol. The molecule has 0 radical (unpaired) electrons. The van der Waals surface area contributed by atoms with Crippen molar-refractivity contribution in [3.63, 3.8) is 0 Å². The van der Waals surface area contributed by atoms with Gasteiger partial charge in [-0.15, -0.1) is 0 Å². The lowest BCUT2D eigenvalue weighted by Crippen LogP contribution is -2.53. The Labute approximate surface area is 120 Å². The minimum atomic E-state index is -1.09. The third-order valence-electron chi connectivity index (χ3n) is 2.92. The number of aliphatic carboxylic acids is 1. The Balaban J connectivity index is 1.97. The van der Waals surface area contributed by atoms with Crippen LogP contribution in [0.5, 0.6) is 5.75 Å². The van der Waals surface area contributed by atoms with Crippen LogP contribution in [0, 0.1) is 0 Å². The van der Waals surface area contributed by atoms with Crippen molar-refractivity contribution in [1.82, 2.24) is 4.90 Å². The second kappa shape index (κ2) is 6.58. The van der Waals surface area contributed by atoms with Crippen molar-refractivity contribution < 1.29 is 24.2 Å². The fraction of sp³-hybridized carbons (Fsp3) is 0.385. The second-order valence-corrected chi connectivity index (χ2v) is 4.64. The Hall–Kier alpha value is -1.79. The maximum Gasteiger partial charge on any atom is 0.328 e. The summed E-state index contributed by atoms with van der Waals surface area (Å²) in [5.41, 5.74) is 0. The summed E-state index contributed by atoms with van der Waals surface area (Å²) in [6.07, 6.45) is 0. The predicted octanol–water partition coefficient (Wildman–Crippen LogP) is 1.03. The van der Waals surface area contributed by atoms with Crippen molar-refractivity contribution in [2.45, 2.75) is 6.04 Å². The van der Waals surface area contributed by atoms with Crippen LogP contribution in [0.15, 0.2) is 24.3 Å². The molecule has 7 heteroatoms. The van der Waals surface area contributed by atoms with Crippen LogP contribution < -0.4 is 4.74 Å². The average Bonchev–Trinajstić information content (AvgIpc) is 2.46. The van der Waals surface area contributed by atoms with Gasteiger partial charge in [0.2, 0.25) is 0 Å². The molecular weight excluding hydrogens is 286 g/mol. The van der Waals surface area contributed by atoms with Crippen LogP contribution in [0.25, 0.3) is 0 Å². The van der Waals surface area contributed by atoms with Gasteiger partial charge in [-0.3, -0.25) is 4.79 Å². The van der Waals surface area contributed by atoms with E-state index in [4.69, 9.17) is 26.2 Å². The number of halogens is 1. The summed E-state index contributed by atoms with van der Waals surface area (Å²) in [6, 6.07) is 5.81. The quantitative estimate of drug-likeness (QED) is 0.898. The van der Waals surface area contributed by atoms with Crippen LogP contribution in [0.4, 0.5) is 0 Å². The summed E-state index contributed by atoms with van der Waals surface area (Å²) in [4.78, 5) is 24.4. The summed E-state index contributed by atoms with van der Waals surface area (Å²) in [5, 5.41) is 9.45. The first-order valence-electron chi connectivity index (χ1n) is 6.07. The van der Waals surface area contributed by atoms with Gasteiger partial charge in [0, 0.05) is 6.54 Å². The minimum absolute atomic E-state index is 0.00678. The van der Waals surface area contributed by atoms with Crippen LogP contribution in [0.3, 0.4) is 0 Å². The van der Waals surface area contributed by atoms with Crippen molar-refractivity contribution in [1.29, 1.82) is 0 Å². The van der Waals surface area contributed by atoms with Crippen molar-refractivity contribution >= 4 is 23.5 Å². The number of carbonyl (C=O) groups is 2. The first-order chi connectivity index (χ1) is 9.59. The molecule has 1 amide bonds. The van der Waals surface area contributed by atoms with Crippen LogP contribution in [-0.4, -0.2) is 54.3 Å². The van der Waals surface area contributed by atoms with E-state index in [1.54, 1.807) is 24.3 Å². The molecule has 0 aliphatic carbocycles.